The predicted octanol–water partition coefficient (Wildman–Crippen LogP) is 4.17. The first-order valence-electron chi connectivity index (χ1n) is 12.1. The van der Waals surface area contributed by atoms with E-state index in [4.69, 9.17) is 9.47 Å². The lowest BCUT2D eigenvalue weighted by Gasteiger charge is -2.29. The Morgan fingerprint density at radius 2 is 0.933 bits per heavy atom. The van der Waals surface area contributed by atoms with Gasteiger partial charge in [0.05, 0.1) is 54.1 Å². The number of likely N-dealkylation sites (N-methyl/N-ethyl adjacent to an activating group) is 2. The van der Waals surface area contributed by atoms with Crippen molar-refractivity contribution in [1.82, 2.24) is 0 Å². The van der Waals surface area contributed by atoms with Gasteiger partial charge < -0.3 is 18.4 Å². The van der Waals surface area contributed by atoms with Gasteiger partial charge in [-0.25, -0.2) is 0 Å². The average molecular weight is 431 g/mol. The van der Waals surface area contributed by atoms with Crippen molar-refractivity contribution in [1.29, 1.82) is 0 Å². The van der Waals surface area contributed by atoms with Crippen LogP contribution in [-0.2, 0) is 19.1 Å². The molecule has 0 fully saturated rings. The van der Waals surface area contributed by atoms with Gasteiger partial charge in [0.25, 0.3) is 0 Å². The Balaban J connectivity index is 3.84. The lowest BCUT2D eigenvalue weighted by molar-refractivity contribution is -0.890. The molecular formula is C24H50N2O4+2. The molecule has 0 aliphatic carbocycles. The van der Waals surface area contributed by atoms with Crippen molar-refractivity contribution in [2.45, 2.75) is 78.1 Å². The summed E-state index contributed by atoms with van der Waals surface area (Å²) in [7, 11) is 8.67. The van der Waals surface area contributed by atoms with Crippen molar-refractivity contribution >= 4 is 11.9 Å². The maximum Gasteiger partial charge on any atom is 0.306 e. The van der Waals surface area contributed by atoms with Gasteiger partial charge in [0.15, 0.2) is 0 Å². The molecule has 0 saturated carbocycles. The van der Waals surface area contributed by atoms with E-state index < -0.39 is 0 Å². The molecule has 30 heavy (non-hydrogen) atoms. The largest absolute Gasteiger partial charge is 0.460 e. The first-order valence-corrected chi connectivity index (χ1v) is 12.1. The Labute approximate surface area is 186 Å². The maximum atomic E-state index is 11.9. The second kappa shape index (κ2) is 16.5. The monoisotopic (exact) mass is 430 g/mol. The molecular weight excluding hydrogens is 380 g/mol. The number of hydrogen-bond donors (Lipinski definition) is 0. The van der Waals surface area contributed by atoms with Gasteiger partial charge in [-0.3, -0.25) is 9.59 Å². The highest BCUT2D eigenvalue weighted by Gasteiger charge is 2.18. The Bertz CT molecular complexity index is 422. The van der Waals surface area contributed by atoms with Gasteiger partial charge in [-0.15, -0.1) is 0 Å². The number of carbonyl (C=O) groups is 2. The van der Waals surface area contributed by atoms with E-state index in [1.54, 1.807) is 0 Å². The van der Waals surface area contributed by atoms with Crippen molar-refractivity contribution < 1.29 is 28.0 Å². The van der Waals surface area contributed by atoms with E-state index in [0.717, 1.165) is 35.1 Å². The van der Waals surface area contributed by atoms with Crippen LogP contribution in [0.4, 0.5) is 0 Å². The lowest BCUT2D eigenvalue weighted by atomic mass is 10.2. The van der Waals surface area contributed by atoms with Gasteiger partial charge >= 0.3 is 11.9 Å². The number of rotatable bonds is 19. The molecule has 0 spiro atoms. The lowest BCUT2D eigenvalue weighted by Crippen LogP contribution is -2.43. The number of hydrogen-bond acceptors (Lipinski definition) is 4. The molecule has 6 heteroatoms. The summed E-state index contributed by atoms with van der Waals surface area (Å²) in [5, 5.41) is 0. The molecule has 0 aromatic rings. The third kappa shape index (κ3) is 17.7. The highest BCUT2D eigenvalue weighted by molar-refractivity contribution is 5.77. The van der Waals surface area contributed by atoms with Crippen LogP contribution in [0.5, 0.6) is 0 Å². The smallest absolute Gasteiger partial charge is 0.306 e. The van der Waals surface area contributed by atoms with E-state index in [9.17, 15) is 9.59 Å². The van der Waals surface area contributed by atoms with Gasteiger partial charge in [-0.1, -0.05) is 39.5 Å². The molecule has 0 rings (SSSR count). The molecule has 0 heterocycles. The minimum Gasteiger partial charge on any atom is -0.460 e. The van der Waals surface area contributed by atoms with E-state index >= 15 is 0 Å². The Morgan fingerprint density at radius 1 is 0.567 bits per heavy atom. The van der Waals surface area contributed by atoms with Crippen molar-refractivity contribution in [3.05, 3.63) is 0 Å². The number of esters is 2. The fourth-order valence-corrected chi connectivity index (χ4v) is 3.32. The zero-order chi connectivity index (χ0) is 22.9. The van der Waals surface area contributed by atoms with Crippen LogP contribution in [0.3, 0.4) is 0 Å². The van der Waals surface area contributed by atoms with Gasteiger partial charge in [0.2, 0.25) is 0 Å². The molecule has 6 nitrogen and oxygen atoms in total. The van der Waals surface area contributed by atoms with E-state index in [1.165, 1.54) is 51.4 Å². The summed E-state index contributed by atoms with van der Waals surface area (Å²) in [5.41, 5.74) is 0. The standard InChI is InChI=1S/C24H50N2O4/c1-7-9-11-13-17-25(3,4)19-21-29-23(27)15-16-24(28)30-22-20-26(5,6)18-14-12-10-8-2/h7-22H2,1-6H3/q+2. The van der Waals surface area contributed by atoms with Crippen LogP contribution in [0, 0.1) is 0 Å². The summed E-state index contributed by atoms with van der Waals surface area (Å²) in [6, 6.07) is 0. The number of carbonyl (C=O) groups excluding carboxylic acids is 2. The third-order valence-corrected chi connectivity index (χ3v) is 5.69. The molecule has 0 saturated heterocycles. The van der Waals surface area contributed by atoms with E-state index in [1.807, 2.05) is 0 Å². The highest BCUT2D eigenvalue weighted by atomic mass is 16.5. The summed E-state index contributed by atoms with van der Waals surface area (Å²) >= 11 is 0. The summed E-state index contributed by atoms with van der Waals surface area (Å²) in [6.07, 6.45) is 10.2. The van der Waals surface area contributed by atoms with Crippen molar-refractivity contribution in [2.24, 2.45) is 0 Å². The van der Waals surface area contributed by atoms with Crippen LogP contribution in [0.1, 0.15) is 78.1 Å². The van der Waals surface area contributed by atoms with E-state index in [2.05, 4.69) is 42.0 Å². The zero-order valence-corrected chi connectivity index (χ0v) is 20.8. The molecule has 0 N–H and O–H groups in total. The molecule has 0 amide bonds. The molecule has 178 valence electrons. The molecule has 0 atom stereocenters. The Morgan fingerprint density at radius 3 is 1.27 bits per heavy atom. The van der Waals surface area contributed by atoms with Crippen LogP contribution in [-0.4, -0.2) is 88.5 Å². The van der Waals surface area contributed by atoms with Crippen LogP contribution >= 0.6 is 0 Å². The quantitative estimate of drug-likeness (QED) is 0.175. The van der Waals surface area contributed by atoms with Crippen LogP contribution in [0.15, 0.2) is 0 Å². The van der Waals surface area contributed by atoms with Crippen LogP contribution in [0.2, 0.25) is 0 Å². The average Bonchev–Trinajstić information content (AvgIpc) is 2.67. The topological polar surface area (TPSA) is 52.6 Å². The van der Waals surface area contributed by atoms with Crippen LogP contribution < -0.4 is 0 Å². The third-order valence-electron chi connectivity index (χ3n) is 5.69. The van der Waals surface area contributed by atoms with Crippen molar-refractivity contribution in [3.63, 3.8) is 0 Å². The SMILES string of the molecule is CCCCCC[N+](C)(C)CCOC(=O)CCC(=O)OCC[N+](C)(C)CCCCCC. The van der Waals surface area contributed by atoms with Gasteiger partial charge in [0, 0.05) is 0 Å². The van der Waals surface area contributed by atoms with Gasteiger partial charge in [-0.2, -0.15) is 0 Å². The van der Waals surface area contributed by atoms with Gasteiger partial charge in [-0.05, 0) is 25.7 Å². The molecule has 0 unspecified atom stereocenters. The molecule has 0 aliphatic rings. The van der Waals surface area contributed by atoms with Gasteiger partial charge in [0.1, 0.15) is 26.3 Å². The summed E-state index contributed by atoms with van der Waals surface area (Å²) in [4.78, 5) is 23.8. The fourth-order valence-electron chi connectivity index (χ4n) is 3.32. The maximum absolute atomic E-state index is 11.9. The van der Waals surface area contributed by atoms with E-state index in [-0.39, 0.29) is 24.8 Å². The number of nitrogens with zero attached hydrogens (tertiary/aromatic N) is 2. The van der Waals surface area contributed by atoms with Crippen LogP contribution in [0.25, 0.3) is 0 Å². The number of unbranched alkanes of at least 4 members (excludes halogenated alkanes) is 6. The molecule has 0 bridgehead atoms. The summed E-state index contributed by atoms with van der Waals surface area (Å²) in [6.45, 7) is 9.02. The molecule has 0 aromatic carbocycles. The highest BCUT2D eigenvalue weighted by Crippen LogP contribution is 2.07. The second-order valence-corrected chi connectivity index (χ2v) is 9.83. The molecule has 0 radical (unpaired) electrons. The first-order chi connectivity index (χ1) is 14.1. The molecule has 0 aromatic heterocycles. The number of ether oxygens (including phenoxy) is 2. The summed E-state index contributed by atoms with van der Waals surface area (Å²) < 4.78 is 12.3. The predicted molar refractivity (Wildman–Crippen MR) is 123 cm³/mol. The first kappa shape index (κ1) is 28.9. The Kier molecular flexibility index (Phi) is 15.9. The second-order valence-electron chi connectivity index (χ2n) is 9.83. The van der Waals surface area contributed by atoms with Crippen molar-refractivity contribution in [3.8, 4) is 0 Å². The fraction of sp³-hybridized carbons (Fsp3) is 0.917. The van der Waals surface area contributed by atoms with Crippen molar-refractivity contribution in [2.75, 3.05) is 67.6 Å². The Hall–Kier alpha value is -1.14. The summed E-state index contributed by atoms with van der Waals surface area (Å²) in [5.74, 6) is -0.630. The number of quaternary nitrogens is 2. The zero-order valence-electron chi connectivity index (χ0n) is 20.8. The molecule has 0 aliphatic heterocycles. The van der Waals surface area contributed by atoms with E-state index in [0.29, 0.717) is 13.2 Å². The minimum atomic E-state index is -0.315. The normalized spacial score (nSPS) is 12.1. The minimum absolute atomic E-state index is 0.0953.